The minimum atomic E-state index is -1.16. The molecule has 0 saturated carbocycles. The van der Waals surface area contributed by atoms with Crippen LogP contribution in [0.4, 0.5) is 11.4 Å². The van der Waals surface area contributed by atoms with Crippen LogP contribution < -0.4 is 10.1 Å². The topological polar surface area (TPSA) is 108 Å². The Labute approximate surface area is 153 Å². The number of carbonyl (C=O) groups is 2. The van der Waals surface area contributed by atoms with Crippen LogP contribution in [-0.4, -0.2) is 30.0 Å². The zero-order valence-corrected chi connectivity index (χ0v) is 14.6. The second kappa shape index (κ2) is 8.30. The van der Waals surface area contributed by atoms with Gasteiger partial charge in [0.25, 0.3) is 11.6 Å². The molecule has 1 N–H and O–H groups in total. The highest BCUT2D eigenvalue weighted by Gasteiger charge is 2.22. The van der Waals surface area contributed by atoms with E-state index < -0.39 is 22.9 Å². The fourth-order valence-corrected chi connectivity index (χ4v) is 2.26. The third-order valence-electron chi connectivity index (χ3n) is 3.40. The lowest BCUT2D eigenvalue weighted by atomic mass is 10.2. The first-order valence-electron chi connectivity index (χ1n) is 7.42. The molecule has 9 heteroatoms. The molecule has 8 nitrogen and oxygen atoms in total. The number of nitrogens with zero attached hydrogens (tertiary/aromatic N) is 1. The number of carbonyl (C=O) groups excluding carboxylic acids is 2. The van der Waals surface area contributed by atoms with E-state index in [-0.39, 0.29) is 27.7 Å². The van der Waals surface area contributed by atoms with Crippen LogP contribution >= 0.6 is 11.6 Å². The van der Waals surface area contributed by atoms with E-state index in [1.54, 1.807) is 12.1 Å². The average molecular weight is 379 g/mol. The number of hydrogen-bond donors (Lipinski definition) is 1. The number of anilines is 1. The Bertz CT molecular complexity index is 855. The van der Waals surface area contributed by atoms with E-state index in [1.807, 2.05) is 0 Å². The molecule has 0 radical (unpaired) electrons. The first kappa shape index (κ1) is 19.2. The quantitative estimate of drug-likeness (QED) is 0.468. The highest BCUT2D eigenvalue weighted by molar-refractivity contribution is 6.33. The van der Waals surface area contributed by atoms with Gasteiger partial charge in [-0.2, -0.15) is 0 Å². The van der Waals surface area contributed by atoms with Crippen molar-refractivity contribution in [1.29, 1.82) is 0 Å². The van der Waals surface area contributed by atoms with Crippen LogP contribution in [0.1, 0.15) is 17.3 Å². The maximum absolute atomic E-state index is 12.3. The van der Waals surface area contributed by atoms with E-state index in [9.17, 15) is 19.7 Å². The largest absolute Gasteiger partial charge is 0.495 e. The molecular formula is C17H15ClN2O6. The lowest BCUT2D eigenvalue weighted by Gasteiger charge is -2.15. The van der Waals surface area contributed by atoms with Gasteiger partial charge < -0.3 is 14.8 Å². The second-order valence-corrected chi connectivity index (χ2v) is 5.57. The molecule has 0 heterocycles. The SMILES string of the molecule is COc1ccc([N+](=O)[O-])cc1NC(=O)C(C)OC(=O)c1ccccc1Cl. The lowest BCUT2D eigenvalue weighted by Crippen LogP contribution is -2.30. The number of nitrogens with one attached hydrogen (secondary N) is 1. The molecule has 0 bridgehead atoms. The van der Waals surface area contributed by atoms with Crippen molar-refractivity contribution in [3.63, 3.8) is 0 Å². The van der Waals surface area contributed by atoms with Crippen molar-refractivity contribution < 1.29 is 24.0 Å². The summed E-state index contributed by atoms with van der Waals surface area (Å²) in [5, 5.41) is 13.5. The Balaban J connectivity index is 2.12. The summed E-state index contributed by atoms with van der Waals surface area (Å²) < 4.78 is 10.2. The maximum atomic E-state index is 12.3. The number of nitro groups is 1. The van der Waals surface area contributed by atoms with E-state index in [0.29, 0.717) is 0 Å². The molecule has 0 aliphatic rings. The van der Waals surface area contributed by atoms with Crippen molar-refractivity contribution in [2.75, 3.05) is 12.4 Å². The molecular weight excluding hydrogens is 364 g/mol. The number of methoxy groups -OCH3 is 1. The summed E-state index contributed by atoms with van der Waals surface area (Å²) in [4.78, 5) is 34.6. The van der Waals surface area contributed by atoms with Gasteiger partial charge in [-0.05, 0) is 25.1 Å². The number of halogens is 1. The van der Waals surface area contributed by atoms with Gasteiger partial charge in [0.05, 0.1) is 28.3 Å². The van der Waals surface area contributed by atoms with Crippen LogP contribution in [0.5, 0.6) is 5.75 Å². The van der Waals surface area contributed by atoms with Gasteiger partial charge in [0.15, 0.2) is 6.10 Å². The van der Waals surface area contributed by atoms with Crippen LogP contribution in [0.15, 0.2) is 42.5 Å². The summed E-state index contributed by atoms with van der Waals surface area (Å²) in [6, 6.07) is 10.0. The Kier molecular flexibility index (Phi) is 6.13. The first-order valence-corrected chi connectivity index (χ1v) is 7.80. The third-order valence-corrected chi connectivity index (χ3v) is 3.73. The molecule has 0 aromatic heterocycles. The van der Waals surface area contributed by atoms with Gasteiger partial charge in [-0.1, -0.05) is 23.7 Å². The normalized spacial score (nSPS) is 11.3. The average Bonchev–Trinajstić information content (AvgIpc) is 2.61. The van der Waals surface area contributed by atoms with Gasteiger partial charge in [0.2, 0.25) is 0 Å². The van der Waals surface area contributed by atoms with Gasteiger partial charge in [0.1, 0.15) is 5.75 Å². The molecule has 2 rings (SSSR count). The monoisotopic (exact) mass is 378 g/mol. The molecule has 0 aliphatic heterocycles. The standard InChI is InChI=1S/C17H15ClN2O6/c1-10(26-17(22)12-5-3-4-6-13(12)18)16(21)19-14-9-11(20(23)24)7-8-15(14)25-2/h3-10H,1-2H3,(H,19,21). The summed E-state index contributed by atoms with van der Waals surface area (Å²) in [6.07, 6.45) is -1.16. The zero-order chi connectivity index (χ0) is 19.3. The number of non-ortho nitro benzene ring substituents is 1. The summed E-state index contributed by atoms with van der Waals surface area (Å²) in [5.41, 5.74) is -0.00379. The molecule has 0 spiro atoms. The zero-order valence-electron chi connectivity index (χ0n) is 13.9. The lowest BCUT2D eigenvalue weighted by molar-refractivity contribution is -0.384. The summed E-state index contributed by atoms with van der Waals surface area (Å²) in [7, 11) is 1.36. The molecule has 0 saturated heterocycles. The van der Waals surface area contributed by atoms with E-state index in [2.05, 4.69) is 5.32 Å². The first-order chi connectivity index (χ1) is 12.3. The van der Waals surface area contributed by atoms with Crippen LogP contribution in [0.2, 0.25) is 5.02 Å². The molecule has 1 amide bonds. The minimum absolute atomic E-state index is 0.0901. The third kappa shape index (κ3) is 4.48. The smallest absolute Gasteiger partial charge is 0.340 e. The fraction of sp³-hybridized carbons (Fsp3) is 0.176. The Morgan fingerprint density at radius 3 is 2.54 bits per heavy atom. The van der Waals surface area contributed by atoms with Crippen molar-refractivity contribution in [1.82, 2.24) is 0 Å². The number of nitro benzene ring substituents is 1. The van der Waals surface area contributed by atoms with Crippen LogP contribution in [0.25, 0.3) is 0 Å². The molecule has 0 aliphatic carbocycles. The van der Waals surface area contributed by atoms with Crippen molar-refractivity contribution in [3.05, 3.63) is 63.2 Å². The second-order valence-electron chi connectivity index (χ2n) is 5.16. The number of benzene rings is 2. The Morgan fingerprint density at radius 1 is 1.23 bits per heavy atom. The summed E-state index contributed by atoms with van der Waals surface area (Å²) in [5.74, 6) is -1.21. The molecule has 136 valence electrons. The van der Waals surface area contributed by atoms with Crippen molar-refractivity contribution >= 4 is 34.9 Å². The van der Waals surface area contributed by atoms with Gasteiger partial charge in [-0.25, -0.2) is 4.79 Å². The number of ether oxygens (including phenoxy) is 2. The van der Waals surface area contributed by atoms with Gasteiger partial charge in [-0.3, -0.25) is 14.9 Å². The summed E-state index contributed by atoms with van der Waals surface area (Å²) >= 11 is 5.92. The van der Waals surface area contributed by atoms with Crippen molar-refractivity contribution in [2.24, 2.45) is 0 Å². The minimum Gasteiger partial charge on any atom is -0.495 e. The van der Waals surface area contributed by atoms with E-state index in [4.69, 9.17) is 21.1 Å². The number of esters is 1. The molecule has 2 aromatic rings. The molecule has 26 heavy (non-hydrogen) atoms. The van der Waals surface area contributed by atoms with E-state index in [0.717, 1.165) is 6.07 Å². The maximum Gasteiger partial charge on any atom is 0.340 e. The summed E-state index contributed by atoms with van der Waals surface area (Å²) in [6.45, 7) is 1.37. The van der Waals surface area contributed by atoms with E-state index in [1.165, 1.54) is 38.3 Å². The number of rotatable bonds is 6. The van der Waals surface area contributed by atoms with Gasteiger partial charge in [0, 0.05) is 12.1 Å². The highest BCUT2D eigenvalue weighted by Crippen LogP contribution is 2.29. The van der Waals surface area contributed by atoms with Crippen LogP contribution in [0.3, 0.4) is 0 Å². The predicted octanol–water partition coefficient (Wildman–Crippen LogP) is 3.44. The number of hydrogen-bond acceptors (Lipinski definition) is 6. The fourth-order valence-electron chi connectivity index (χ4n) is 2.05. The van der Waals surface area contributed by atoms with Gasteiger partial charge >= 0.3 is 5.97 Å². The Morgan fingerprint density at radius 2 is 1.92 bits per heavy atom. The van der Waals surface area contributed by atoms with Gasteiger partial charge in [-0.15, -0.1) is 0 Å². The highest BCUT2D eigenvalue weighted by atomic mass is 35.5. The Hall–Kier alpha value is -3.13. The predicted molar refractivity (Wildman–Crippen MR) is 94.6 cm³/mol. The van der Waals surface area contributed by atoms with Crippen molar-refractivity contribution in [2.45, 2.75) is 13.0 Å². The molecule has 1 unspecified atom stereocenters. The number of amides is 1. The molecule has 0 fully saturated rings. The van der Waals surface area contributed by atoms with E-state index >= 15 is 0 Å². The van der Waals surface area contributed by atoms with Crippen molar-refractivity contribution in [3.8, 4) is 5.75 Å². The van der Waals surface area contributed by atoms with Crippen LogP contribution in [0, 0.1) is 10.1 Å². The van der Waals surface area contributed by atoms with Crippen LogP contribution in [-0.2, 0) is 9.53 Å². The molecule has 2 aromatic carbocycles. The molecule has 1 atom stereocenters.